The van der Waals surface area contributed by atoms with Crippen LogP contribution in [0.1, 0.15) is 0 Å². The van der Waals surface area contributed by atoms with Gasteiger partial charge in [-0.3, -0.25) is 4.72 Å². The number of nitrogens with zero attached hydrogens (tertiary/aromatic N) is 3. The van der Waals surface area contributed by atoms with Gasteiger partial charge in [0.2, 0.25) is 10.0 Å². The first-order valence-corrected chi connectivity index (χ1v) is 8.01. The van der Waals surface area contributed by atoms with Crippen LogP contribution < -0.4 is 10.5 Å². The average Bonchev–Trinajstić information content (AvgIpc) is 2.84. The topological polar surface area (TPSA) is 102 Å². The van der Waals surface area contributed by atoms with Crippen molar-refractivity contribution in [2.45, 2.75) is 0 Å². The predicted molar refractivity (Wildman–Crippen MR) is 81.3 cm³/mol. The molecule has 0 aliphatic heterocycles. The van der Waals surface area contributed by atoms with Gasteiger partial charge in [-0.2, -0.15) is 0 Å². The van der Waals surface area contributed by atoms with Crippen molar-refractivity contribution in [3.05, 3.63) is 42.6 Å². The van der Waals surface area contributed by atoms with Crippen molar-refractivity contribution in [1.29, 1.82) is 0 Å². The van der Waals surface area contributed by atoms with E-state index in [4.69, 9.17) is 5.73 Å². The Labute approximate surface area is 121 Å². The summed E-state index contributed by atoms with van der Waals surface area (Å²) in [5, 5.41) is 4.11. The molecule has 108 valence electrons. The quantitative estimate of drug-likeness (QED) is 0.711. The molecule has 2 aromatic heterocycles. The van der Waals surface area contributed by atoms with E-state index < -0.39 is 10.0 Å². The molecule has 7 nitrogen and oxygen atoms in total. The molecule has 0 amide bonds. The van der Waals surface area contributed by atoms with Crippen molar-refractivity contribution < 1.29 is 8.42 Å². The molecule has 3 aromatic rings. The highest BCUT2D eigenvalue weighted by atomic mass is 32.2. The van der Waals surface area contributed by atoms with E-state index in [0.29, 0.717) is 11.4 Å². The van der Waals surface area contributed by atoms with Crippen LogP contribution in [0.25, 0.3) is 16.8 Å². The third-order valence-electron chi connectivity index (χ3n) is 2.88. The standard InChI is InChI=1S/C13H13N5O2S/c1-21(19,20)17-13-15-12(9-5-2-3-6-10(9)14)11-7-4-8-18(11)16-13/h2-8H,14H2,1H3,(H,16,17). The van der Waals surface area contributed by atoms with E-state index in [0.717, 1.165) is 17.3 Å². The van der Waals surface area contributed by atoms with Gasteiger partial charge in [0.25, 0.3) is 5.95 Å². The van der Waals surface area contributed by atoms with E-state index in [1.54, 1.807) is 22.8 Å². The molecule has 0 unspecified atom stereocenters. The van der Waals surface area contributed by atoms with Crippen LogP contribution in [0.15, 0.2) is 42.6 Å². The van der Waals surface area contributed by atoms with Crippen LogP contribution in [0.2, 0.25) is 0 Å². The van der Waals surface area contributed by atoms with Gasteiger partial charge in [-0.1, -0.05) is 18.2 Å². The largest absolute Gasteiger partial charge is 0.398 e. The van der Waals surface area contributed by atoms with E-state index in [-0.39, 0.29) is 5.95 Å². The molecule has 0 saturated carbocycles. The molecule has 0 aliphatic carbocycles. The van der Waals surface area contributed by atoms with Crippen LogP contribution in [0.3, 0.4) is 0 Å². The van der Waals surface area contributed by atoms with Gasteiger partial charge in [0.05, 0.1) is 11.8 Å². The van der Waals surface area contributed by atoms with Crippen molar-refractivity contribution in [3.63, 3.8) is 0 Å². The molecular formula is C13H13N5O2S. The number of sulfonamides is 1. The normalized spacial score (nSPS) is 11.7. The number of aromatic nitrogens is 3. The summed E-state index contributed by atoms with van der Waals surface area (Å²) in [6.07, 6.45) is 2.76. The molecule has 1 aromatic carbocycles. The first-order valence-electron chi connectivity index (χ1n) is 6.12. The van der Waals surface area contributed by atoms with E-state index in [9.17, 15) is 8.42 Å². The van der Waals surface area contributed by atoms with Gasteiger partial charge in [0.1, 0.15) is 5.69 Å². The van der Waals surface area contributed by atoms with Crippen LogP contribution in [0.5, 0.6) is 0 Å². The van der Waals surface area contributed by atoms with E-state index in [1.807, 2.05) is 24.3 Å². The lowest BCUT2D eigenvalue weighted by molar-refractivity contribution is 0.606. The second-order valence-electron chi connectivity index (χ2n) is 4.58. The molecule has 0 aliphatic rings. The molecule has 0 bridgehead atoms. The number of nitrogens with one attached hydrogen (secondary N) is 1. The number of anilines is 2. The average molecular weight is 303 g/mol. The third kappa shape index (κ3) is 2.65. The molecule has 8 heteroatoms. The van der Waals surface area contributed by atoms with Gasteiger partial charge in [-0.25, -0.2) is 17.9 Å². The first kappa shape index (κ1) is 13.4. The minimum Gasteiger partial charge on any atom is -0.398 e. The molecule has 0 fully saturated rings. The number of para-hydroxylation sites is 1. The Balaban J connectivity index is 2.26. The van der Waals surface area contributed by atoms with E-state index in [1.165, 1.54) is 0 Å². The van der Waals surface area contributed by atoms with Crippen molar-refractivity contribution in [2.24, 2.45) is 0 Å². The maximum Gasteiger partial charge on any atom is 0.255 e. The summed E-state index contributed by atoms with van der Waals surface area (Å²) in [6, 6.07) is 10.9. The fraction of sp³-hybridized carbons (Fsp3) is 0.0769. The highest BCUT2D eigenvalue weighted by Gasteiger charge is 2.13. The third-order valence-corrected chi connectivity index (χ3v) is 3.44. The number of nitrogens with two attached hydrogens (primary N) is 1. The number of fused-ring (bicyclic) bond motifs is 1. The number of hydrogen-bond donors (Lipinski definition) is 2. The van der Waals surface area contributed by atoms with Gasteiger partial charge in [0, 0.05) is 17.4 Å². The highest BCUT2D eigenvalue weighted by molar-refractivity contribution is 7.91. The van der Waals surface area contributed by atoms with E-state index >= 15 is 0 Å². The Morgan fingerprint density at radius 1 is 1.19 bits per heavy atom. The molecule has 2 heterocycles. The molecule has 0 spiro atoms. The maximum absolute atomic E-state index is 11.4. The summed E-state index contributed by atoms with van der Waals surface area (Å²) in [5.41, 5.74) is 8.57. The molecule has 3 N–H and O–H groups in total. The fourth-order valence-electron chi connectivity index (χ4n) is 2.05. The lowest BCUT2D eigenvalue weighted by Crippen LogP contribution is -2.14. The van der Waals surface area contributed by atoms with Gasteiger partial charge in [0.15, 0.2) is 0 Å². The first-order chi connectivity index (χ1) is 9.94. The summed E-state index contributed by atoms with van der Waals surface area (Å²) in [4.78, 5) is 4.29. The summed E-state index contributed by atoms with van der Waals surface area (Å²) in [7, 11) is -3.46. The molecule has 21 heavy (non-hydrogen) atoms. The lowest BCUT2D eigenvalue weighted by atomic mass is 10.1. The van der Waals surface area contributed by atoms with Crippen molar-refractivity contribution in [3.8, 4) is 11.3 Å². The summed E-state index contributed by atoms with van der Waals surface area (Å²) >= 11 is 0. The molecule has 0 radical (unpaired) electrons. The van der Waals surface area contributed by atoms with Crippen LogP contribution in [-0.2, 0) is 10.0 Å². The van der Waals surface area contributed by atoms with Gasteiger partial charge in [-0.15, -0.1) is 5.10 Å². The number of benzene rings is 1. The molecule has 0 saturated heterocycles. The predicted octanol–water partition coefficient (Wildman–Crippen LogP) is 1.35. The number of nitrogen functional groups attached to an aromatic ring is 1. The zero-order chi connectivity index (χ0) is 15.0. The zero-order valence-corrected chi connectivity index (χ0v) is 12.0. The van der Waals surface area contributed by atoms with Crippen LogP contribution in [0, 0.1) is 0 Å². The second-order valence-corrected chi connectivity index (χ2v) is 6.33. The summed E-state index contributed by atoms with van der Waals surface area (Å²) < 4.78 is 26.6. The Hall–Kier alpha value is -2.61. The molecular weight excluding hydrogens is 290 g/mol. The number of rotatable bonds is 3. The second kappa shape index (κ2) is 4.74. The summed E-state index contributed by atoms with van der Waals surface area (Å²) in [6.45, 7) is 0. The minimum absolute atomic E-state index is 0.000506. The molecule has 3 rings (SSSR count). The zero-order valence-electron chi connectivity index (χ0n) is 11.2. The van der Waals surface area contributed by atoms with Crippen molar-refractivity contribution in [1.82, 2.24) is 14.6 Å². The smallest absolute Gasteiger partial charge is 0.255 e. The van der Waals surface area contributed by atoms with Gasteiger partial charge >= 0.3 is 0 Å². The SMILES string of the molecule is CS(=O)(=O)Nc1nc(-c2ccccc2N)c2cccn2n1. The Kier molecular flexibility index (Phi) is 3.02. The fourth-order valence-corrected chi connectivity index (χ4v) is 2.47. The van der Waals surface area contributed by atoms with Gasteiger partial charge < -0.3 is 5.73 Å². The Morgan fingerprint density at radius 2 is 1.95 bits per heavy atom. The molecule has 0 atom stereocenters. The monoisotopic (exact) mass is 303 g/mol. The lowest BCUT2D eigenvalue weighted by Gasteiger charge is -2.09. The Morgan fingerprint density at radius 3 is 2.67 bits per heavy atom. The van der Waals surface area contributed by atoms with Gasteiger partial charge in [-0.05, 0) is 18.2 Å². The Bertz CT molecular complexity index is 917. The van der Waals surface area contributed by atoms with E-state index in [2.05, 4.69) is 14.8 Å². The minimum atomic E-state index is -3.46. The summed E-state index contributed by atoms with van der Waals surface area (Å²) in [5.74, 6) is -0.000506. The maximum atomic E-state index is 11.4. The highest BCUT2D eigenvalue weighted by Crippen LogP contribution is 2.28. The van der Waals surface area contributed by atoms with Crippen LogP contribution in [0.4, 0.5) is 11.6 Å². The van der Waals surface area contributed by atoms with Crippen LogP contribution >= 0.6 is 0 Å². The number of hydrogen-bond acceptors (Lipinski definition) is 5. The van der Waals surface area contributed by atoms with Crippen molar-refractivity contribution >= 4 is 27.2 Å². The van der Waals surface area contributed by atoms with Crippen LogP contribution in [-0.4, -0.2) is 29.3 Å². The van der Waals surface area contributed by atoms with Crippen molar-refractivity contribution in [2.75, 3.05) is 16.7 Å².